The van der Waals surface area contributed by atoms with Gasteiger partial charge in [0.05, 0.1) is 16.1 Å². The molecule has 7 nitrogen and oxygen atoms in total. The Morgan fingerprint density at radius 3 is 2.11 bits per heavy atom. The van der Waals surface area contributed by atoms with Crippen molar-refractivity contribution in [2.45, 2.75) is 24.8 Å². The lowest BCUT2D eigenvalue weighted by Crippen LogP contribution is -2.30. The molecule has 0 fully saturated rings. The number of hydrogen-bond donors (Lipinski definition) is 1. The Hall–Kier alpha value is -3.00. The number of amides is 1. The molecule has 142 valence electrons. The number of ether oxygens (including phenoxy) is 1. The molecule has 0 aliphatic rings. The Morgan fingerprint density at radius 1 is 0.963 bits per heavy atom. The van der Waals surface area contributed by atoms with Gasteiger partial charge in [0.25, 0.3) is 5.91 Å². The second kappa shape index (κ2) is 8.13. The van der Waals surface area contributed by atoms with Crippen LogP contribution in [0.3, 0.4) is 0 Å². The highest BCUT2D eigenvalue weighted by Crippen LogP contribution is 2.19. The monoisotopic (exact) mass is 389 g/mol. The number of sulfone groups is 1. The lowest BCUT2D eigenvalue weighted by molar-refractivity contribution is -0.123. The van der Waals surface area contributed by atoms with Crippen LogP contribution in [0.1, 0.15) is 34.6 Å². The van der Waals surface area contributed by atoms with Crippen molar-refractivity contribution in [3.8, 4) is 0 Å². The summed E-state index contributed by atoms with van der Waals surface area (Å²) in [6, 6.07) is 12.0. The number of carbonyl (C=O) groups excluding carboxylic acids is 3. The molecule has 0 saturated carbocycles. The summed E-state index contributed by atoms with van der Waals surface area (Å²) in [5.74, 6) is -1.80. The van der Waals surface area contributed by atoms with Crippen LogP contribution in [0, 0.1) is 0 Å². The van der Waals surface area contributed by atoms with Crippen molar-refractivity contribution in [2.24, 2.45) is 0 Å². The molecule has 2 rings (SSSR count). The molecule has 8 heteroatoms. The van der Waals surface area contributed by atoms with E-state index in [4.69, 9.17) is 4.74 Å². The third-order valence-electron chi connectivity index (χ3n) is 3.72. The first-order valence-electron chi connectivity index (χ1n) is 8.02. The Kier molecular flexibility index (Phi) is 6.12. The standard InChI is InChI=1S/C19H19NO6S/c1-12(21)14-8-4-6-10-16(14)20-18(22)13(2)26-19(23)15-9-5-7-11-17(15)27(3,24)25/h4-11,13H,1-3H3,(H,20,22)/t13-/m0/s1. The molecule has 0 bridgehead atoms. The van der Waals surface area contributed by atoms with Crippen molar-refractivity contribution < 1.29 is 27.5 Å². The highest BCUT2D eigenvalue weighted by Gasteiger charge is 2.24. The van der Waals surface area contributed by atoms with Gasteiger partial charge in [0, 0.05) is 11.8 Å². The van der Waals surface area contributed by atoms with E-state index in [1.807, 2.05) is 0 Å². The van der Waals surface area contributed by atoms with Crippen molar-refractivity contribution in [1.29, 1.82) is 0 Å². The SMILES string of the molecule is CC(=O)c1ccccc1NC(=O)[C@H](C)OC(=O)c1ccccc1S(C)(=O)=O. The third-order valence-corrected chi connectivity index (χ3v) is 4.88. The molecule has 27 heavy (non-hydrogen) atoms. The van der Waals surface area contributed by atoms with Crippen LogP contribution in [0.15, 0.2) is 53.4 Å². The van der Waals surface area contributed by atoms with Crippen molar-refractivity contribution in [1.82, 2.24) is 0 Å². The zero-order valence-corrected chi connectivity index (χ0v) is 15.9. The average molecular weight is 389 g/mol. The molecule has 2 aromatic carbocycles. The van der Waals surface area contributed by atoms with Crippen LogP contribution in [-0.2, 0) is 19.4 Å². The normalized spacial score (nSPS) is 12.1. The minimum atomic E-state index is -3.64. The van der Waals surface area contributed by atoms with Crippen molar-refractivity contribution in [3.63, 3.8) is 0 Å². The maximum absolute atomic E-state index is 12.3. The number of hydrogen-bond acceptors (Lipinski definition) is 6. The smallest absolute Gasteiger partial charge is 0.340 e. The molecule has 0 aromatic heterocycles. The fourth-order valence-electron chi connectivity index (χ4n) is 2.37. The number of benzene rings is 2. The summed E-state index contributed by atoms with van der Waals surface area (Å²) < 4.78 is 28.7. The largest absolute Gasteiger partial charge is 0.449 e. The van der Waals surface area contributed by atoms with Crippen LogP contribution in [0.5, 0.6) is 0 Å². The Morgan fingerprint density at radius 2 is 1.52 bits per heavy atom. The molecular formula is C19H19NO6S. The predicted octanol–water partition coefficient (Wildman–Crippen LogP) is 2.48. The second-order valence-electron chi connectivity index (χ2n) is 5.91. The van der Waals surface area contributed by atoms with E-state index < -0.39 is 27.8 Å². The van der Waals surface area contributed by atoms with Gasteiger partial charge in [-0.05, 0) is 38.1 Å². The average Bonchev–Trinajstić information content (AvgIpc) is 2.61. The maximum Gasteiger partial charge on any atom is 0.340 e. The molecule has 0 radical (unpaired) electrons. The molecule has 0 aliphatic heterocycles. The molecule has 0 saturated heterocycles. The molecule has 0 spiro atoms. The fourth-order valence-corrected chi connectivity index (χ4v) is 3.25. The number of esters is 1. The van der Waals surface area contributed by atoms with E-state index >= 15 is 0 Å². The Balaban J connectivity index is 2.16. The molecule has 1 N–H and O–H groups in total. The molecule has 0 heterocycles. The first-order chi connectivity index (χ1) is 12.6. The van der Waals surface area contributed by atoms with Crippen LogP contribution in [-0.4, -0.2) is 38.4 Å². The topological polar surface area (TPSA) is 107 Å². The molecule has 0 unspecified atom stereocenters. The summed E-state index contributed by atoms with van der Waals surface area (Å²) in [6.07, 6.45) is -0.223. The number of nitrogens with one attached hydrogen (secondary N) is 1. The zero-order valence-electron chi connectivity index (χ0n) is 15.1. The van der Waals surface area contributed by atoms with Gasteiger partial charge in [-0.3, -0.25) is 9.59 Å². The first kappa shape index (κ1) is 20.3. The number of para-hydroxylation sites is 1. The highest BCUT2D eigenvalue weighted by atomic mass is 32.2. The van der Waals surface area contributed by atoms with E-state index in [1.54, 1.807) is 24.3 Å². The van der Waals surface area contributed by atoms with Crippen molar-refractivity contribution in [3.05, 3.63) is 59.7 Å². The molecule has 2 aromatic rings. The van der Waals surface area contributed by atoms with E-state index in [1.165, 1.54) is 38.1 Å². The molecule has 0 aliphatic carbocycles. The zero-order chi connectivity index (χ0) is 20.2. The number of anilines is 1. The van der Waals surface area contributed by atoms with Gasteiger partial charge in [-0.15, -0.1) is 0 Å². The summed E-state index contributed by atoms with van der Waals surface area (Å²) in [5, 5.41) is 2.54. The number of ketones is 1. The summed E-state index contributed by atoms with van der Waals surface area (Å²) in [7, 11) is -3.64. The van der Waals surface area contributed by atoms with Crippen molar-refractivity contribution >= 4 is 33.2 Å². The van der Waals surface area contributed by atoms with E-state index in [0.717, 1.165) is 6.26 Å². The van der Waals surface area contributed by atoms with Gasteiger partial charge < -0.3 is 10.1 Å². The van der Waals surface area contributed by atoms with Crippen molar-refractivity contribution in [2.75, 3.05) is 11.6 Å². The Labute approximate surface area is 157 Å². The summed E-state index contributed by atoms with van der Waals surface area (Å²) in [5.41, 5.74) is 0.477. The van der Waals surface area contributed by atoms with Gasteiger partial charge in [0.2, 0.25) is 0 Å². The number of rotatable bonds is 6. The highest BCUT2D eigenvalue weighted by molar-refractivity contribution is 7.90. The lowest BCUT2D eigenvalue weighted by Gasteiger charge is -2.15. The third kappa shape index (κ3) is 5.01. The van der Waals surface area contributed by atoms with Crippen LogP contribution in [0.4, 0.5) is 5.69 Å². The Bertz CT molecular complexity index is 997. The summed E-state index contributed by atoms with van der Waals surface area (Å²) >= 11 is 0. The minimum Gasteiger partial charge on any atom is -0.449 e. The van der Waals surface area contributed by atoms with Crippen LogP contribution >= 0.6 is 0 Å². The predicted molar refractivity (Wildman–Crippen MR) is 99.5 cm³/mol. The summed E-state index contributed by atoms with van der Waals surface area (Å²) in [4.78, 5) is 36.1. The fraction of sp³-hybridized carbons (Fsp3) is 0.211. The molecular weight excluding hydrogens is 370 g/mol. The molecule has 1 atom stereocenters. The van der Waals surface area contributed by atoms with E-state index in [0.29, 0.717) is 11.3 Å². The molecule has 1 amide bonds. The van der Waals surface area contributed by atoms with E-state index in [-0.39, 0.29) is 16.2 Å². The van der Waals surface area contributed by atoms with Gasteiger partial charge >= 0.3 is 5.97 Å². The van der Waals surface area contributed by atoms with Gasteiger partial charge in [-0.25, -0.2) is 13.2 Å². The number of Topliss-reactive ketones (excluding diaryl/α,β-unsaturated/α-hetero) is 1. The van der Waals surface area contributed by atoms with Crippen LogP contribution < -0.4 is 5.32 Å². The van der Waals surface area contributed by atoms with Gasteiger partial charge in [0.1, 0.15) is 0 Å². The number of carbonyl (C=O) groups is 3. The van der Waals surface area contributed by atoms with E-state index in [2.05, 4.69) is 5.32 Å². The maximum atomic E-state index is 12.3. The van der Waals surface area contributed by atoms with Gasteiger partial charge in [-0.1, -0.05) is 24.3 Å². The van der Waals surface area contributed by atoms with Crippen LogP contribution in [0.25, 0.3) is 0 Å². The van der Waals surface area contributed by atoms with E-state index in [9.17, 15) is 22.8 Å². The first-order valence-corrected chi connectivity index (χ1v) is 9.91. The van der Waals surface area contributed by atoms with Crippen LogP contribution in [0.2, 0.25) is 0 Å². The second-order valence-corrected chi connectivity index (χ2v) is 7.89. The quantitative estimate of drug-likeness (QED) is 0.601. The van der Waals surface area contributed by atoms with Gasteiger partial charge in [-0.2, -0.15) is 0 Å². The van der Waals surface area contributed by atoms with Gasteiger partial charge in [0.15, 0.2) is 21.7 Å². The minimum absolute atomic E-state index is 0.149. The lowest BCUT2D eigenvalue weighted by atomic mass is 10.1. The summed E-state index contributed by atoms with van der Waals surface area (Å²) in [6.45, 7) is 2.73.